The smallest absolute Gasteiger partial charge is 0.303 e. The van der Waals surface area contributed by atoms with Crippen LogP contribution in [0.5, 0.6) is 0 Å². The van der Waals surface area contributed by atoms with E-state index in [1.54, 1.807) is 6.26 Å². The number of rotatable bonds is 4. The number of carbonyl (C=O) groups is 1. The first-order valence-corrected chi connectivity index (χ1v) is 6.76. The molecular weight excluding hydrogens is 264 g/mol. The third-order valence-corrected chi connectivity index (χ3v) is 3.89. The van der Waals surface area contributed by atoms with Gasteiger partial charge in [-0.05, 0) is 25.5 Å². The maximum atomic E-state index is 10.7. The first-order valence-electron chi connectivity index (χ1n) is 5.88. The number of hydrogen-bond donors (Lipinski definition) is 1. The fraction of sp³-hybridized carbons (Fsp3) is 0.231. The second kappa shape index (κ2) is 4.55. The number of aryl methyl sites for hydroxylation is 2. The Hall–Kier alpha value is -2.08. The van der Waals surface area contributed by atoms with Crippen molar-refractivity contribution < 1.29 is 14.3 Å². The van der Waals surface area contributed by atoms with Crippen LogP contribution in [-0.2, 0) is 11.2 Å². The molecule has 3 rings (SSSR count). The van der Waals surface area contributed by atoms with Gasteiger partial charge in [-0.25, -0.2) is 4.98 Å². The minimum atomic E-state index is -0.789. The molecule has 0 fully saturated rings. The van der Waals surface area contributed by atoms with Gasteiger partial charge in [-0.1, -0.05) is 0 Å². The van der Waals surface area contributed by atoms with Crippen LogP contribution in [0.2, 0.25) is 0 Å². The summed E-state index contributed by atoms with van der Waals surface area (Å²) in [5.41, 5.74) is 2.77. The number of furan rings is 1. The van der Waals surface area contributed by atoms with Gasteiger partial charge >= 0.3 is 5.97 Å². The highest BCUT2D eigenvalue weighted by molar-refractivity contribution is 7.15. The van der Waals surface area contributed by atoms with E-state index in [2.05, 4.69) is 4.98 Å². The minimum absolute atomic E-state index is 0.125. The van der Waals surface area contributed by atoms with Gasteiger partial charge in [0.15, 0.2) is 10.7 Å². The topological polar surface area (TPSA) is 67.7 Å². The van der Waals surface area contributed by atoms with E-state index in [9.17, 15) is 4.79 Å². The second-order valence-corrected chi connectivity index (χ2v) is 5.10. The van der Waals surface area contributed by atoms with Crippen LogP contribution in [0.1, 0.15) is 17.8 Å². The van der Waals surface area contributed by atoms with E-state index in [1.165, 1.54) is 11.3 Å². The molecular formula is C13H12N2O3S. The Bertz CT molecular complexity index is 725. The molecule has 0 unspecified atom stereocenters. The maximum absolute atomic E-state index is 10.7. The van der Waals surface area contributed by atoms with Gasteiger partial charge in [-0.2, -0.15) is 0 Å². The fourth-order valence-corrected chi connectivity index (χ4v) is 3.09. The van der Waals surface area contributed by atoms with Gasteiger partial charge in [0.2, 0.25) is 0 Å². The summed E-state index contributed by atoms with van der Waals surface area (Å²) >= 11 is 1.52. The quantitative estimate of drug-likeness (QED) is 0.795. The van der Waals surface area contributed by atoms with Gasteiger partial charge in [-0.3, -0.25) is 9.20 Å². The van der Waals surface area contributed by atoms with E-state index in [-0.39, 0.29) is 6.42 Å². The predicted molar refractivity (Wildman–Crippen MR) is 71.5 cm³/mol. The van der Waals surface area contributed by atoms with Crippen LogP contribution >= 0.6 is 11.3 Å². The largest absolute Gasteiger partial charge is 0.481 e. The Morgan fingerprint density at radius 3 is 3.11 bits per heavy atom. The van der Waals surface area contributed by atoms with Gasteiger partial charge in [0.05, 0.1) is 18.4 Å². The molecule has 3 aromatic heterocycles. The zero-order valence-corrected chi connectivity index (χ0v) is 11.1. The summed E-state index contributed by atoms with van der Waals surface area (Å²) in [6, 6.07) is 3.70. The van der Waals surface area contributed by atoms with Gasteiger partial charge in [0.1, 0.15) is 5.69 Å². The predicted octanol–water partition coefficient (Wildman–Crippen LogP) is 2.98. The first-order chi connectivity index (χ1) is 9.16. The van der Waals surface area contributed by atoms with Crippen molar-refractivity contribution in [2.75, 3.05) is 0 Å². The van der Waals surface area contributed by atoms with Crippen molar-refractivity contribution in [1.82, 2.24) is 9.38 Å². The van der Waals surface area contributed by atoms with Crippen molar-refractivity contribution in [1.29, 1.82) is 0 Å². The van der Waals surface area contributed by atoms with Gasteiger partial charge < -0.3 is 9.52 Å². The molecule has 0 aliphatic rings. The molecule has 0 aliphatic heterocycles. The number of aromatic nitrogens is 2. The summed E-state index contributed by atoms with van der Waals surface area (Å²) in [6.07, 6.45) is 2.25. The van der Waals surface area contributed by atoms with E-state index in [1.807, 2.05) is 28.8 Å². The summed E-state index contributed by atoms with van der Waals surface area (Å²) < 4.78 is 7.38. The van der Waals surface area contributed by atoms with Crippen LogP contribution < -0.4 is 0 Å². The molecule has 0 bridgehead atoms. The van der Waals surface area contributed by atoms with E-state index in [0.29, 0.717) is 6.42 Å². The van der Waals surface area contributed by atoms with E-state index >= 15 is 0 Å². The Labute approximate surface area is 113 Å². The Kier molecular flexibility index (Phi) is 2.87. The third-order valence-electron chi connectivity index (χ3n) is 3.01. The molecule has 98 valence electrons. The van der Waals surface area contributed by atoms with Crippen molar-refractivity contribution >= 4 is 22.3 Å². The molecule has 0 spiro atoms. The zero-order chi connectivity index (χ0) is 13.4. The molecule has 0 radical (unpaired) electrons. The molecule has 0 saturated carbocycles. The third kappa shape index (κ3) is 2.04. The monoisotopic (exact) mass is 276 g/mol. The van der Waals surface area contributed by atoms with Crippen molar-refractivity contribution in [3.8, 4) is 11.5 Å². The van der Waals surface area contributed by atoms with E-state index < -0.39 is 5.97 Å². The molecule has 3 aromatic rings. The lowest BCUT2D eigenvalue weighted by Crippen LogP contribution is -2.00. The zero-order valence-electron chi connectivity index (χ0n) is 10.3. The van der Waals surface area contributed by atoms with Gasteiger partial charge in [-0.15, -0.1) is 11.3 Å². The van der Waals surface area contributed by atoms with Crippen LogP contribution in [0.25, 0.3) is 16.4 Å². The standard InChI is InChI=1S/C13H12N2O3S/c1-8-12(10-3-2-6-18-10)14-13-15(8)9(7-19-13)4-5-11(16)17/h2-3,6-7H,4-5H2,1H3,(H,16,17). The van der Waals surface area contributed by atoms with Gasteiger partial charge in [0.25, 0.3) is 0 Å². The van der Waals surface area contributed by atoms with Crippen LogP contribution in [0.4, 0.5) is 0 Å². The second-order valence-electron chi connectivity index (χ2n) is 4.26. The molecule has 0 amide bonds. The van der Waals surface area contributed by atoms with E-state index in [0.717, 1.165) is 27.8 Å². The van der Waals surface area contributed by atoms with Crippen LogP contribution in [0, 0.1) is 6.92 Å². The summed E-state index contributed by atoms with van der Waals surface area (Å²) in [5.74, 6) is -0.0547. The highest BCUT2D eigenvalue weighted by Crippen LogP contribution is 2.28. The highest BCUT2D eigenvalue weighted by atomic mass is 32.1. The SMILES string of the molecule is Cc1c(-c2ccco2)nc2scc(CCC(=O)O)n12. The molecule has 0 aromatic carbocycles. The number of hydrogen-bond acceptors (Lipinski definition) is 4. The first kappa shape index (κ1) is 12.0. The molecule has 19 heavy (non-hydrogen) atoms. The normalized spacial score (nSPS) is 11.2. The van der Waals surface area contributed by atoms with Crippen LogP contribution in [0.15, 0.2) is 28.2 Å². The lowest BCUT2D eigenvalue weighted by molar-refractivity contribution is -0.136. The maximum Gasteiger partial charge on any atom is 0.303 e. The average molecular weight is 276 g/mol. The fourth-order valence-electron chi connectivity index (χ4n) is 2.12. The highest BCUT2D eigenvalue weighted by Gasteiger charge is 2.16. The Morgan fingerprint density at radius 2 is 2.42 bits per heavy atom. The molecule has 1 N–H and O–H groups in total. The molecule has 0 aliphatic carbocycles. The molecule has 0 saturated heterocycles. The lowest BCUT2D eigenvalue weighted by Gasteiger charge is -2.00. The van der Waals surface area contributed by atoms with Crippen molar-refractivity contribution in [3.05, 3.63) is 35.2 Å². The number of carboxylic acids is 1. The number of imidazole rings is 1. The minimum Gasteiger partial charge on any atom is -0.481 e. The number of carboxylic acid groups (broad SMARTS) is 1. The lowest BCUT2D eigenvalue weighted by atomic mass is 10.2. The summed E-state index contributed by atoms with van der Waals surface area (Å²) in [4.78, 5) is 16.1. The Balaban J connectivity index is 2.05. The molecule has 6 heteroatoms. The number of fused-ring (bicyclic) bond motifs is 1. The number of nitrogens with zero attached hydrogens (tertiary/aromatic N) is 2. The number of thiazole rings is 1. The molecule has 3 heterocycles. The average Bonchev–Trinajstić information content (AvgIpc) is 3.05. The van der Waals surface area contributed by atoms with E-state index in [4.69, 9.17) is 9.52 Å². The van der Waals surface area contributed by atoms with Crippen molar-refractivity contribution in [2.45, 2.75) is 19.8 Å². The molecule has 0 atom stereocenters. The van der Waals surface area contributed by atoms with Crippen molar-refractivity contribution in [2.24, 2.45) is 0 Å². The number of aliphatic carboxylic acids is 1. The molecule has 5 nitrogen and oxygen atoms in total. The van der Waals surface area contributed by atoms with Crippen molar-refractivity contribution in [3.63, 3.8) is 0 Å². The summed E-state index contributed by atoms with van der Waals surface area (Å²) in [6.45, 7) is 1.97. The van der Waals surface area contributed by atoms with Crippen LogP contribution in [0.3, 0.4) is 0 Å². The summed E-state index contributed by atoms with van der Waals surface area (Å²) in [5, 5.41) is 10.7. The summed E-state index contributed by atoms with van der Waals surface area (Å²) in [7, 11) is 0. The van der Waals surface area contributed by atoms with Crippen LogP contribution in [-0.4, -0.2) is 20.5 Å². The van der Waals surface area contributed by atoms with Gasteiger partial charge in [0, 0.05) is 11.1 Å². The Morgan fingerprint density at radius 1 is 1.58 bits per heavy atom.